The van der Waals surface area contributed by atoms with E-state index in [0.29, 0.717) is 43.2 Å². The molecule has 0 aromatic carbocycles. The molecule has 0 bridgehead atoms. The second-order valence-corrected chi connectivity index (χ2v) is 6.65. The van der Waals surface area contributed by atoms with Gasteiger partial charge in [0.25, 0.3) is 0 Å². The molecule has 2 aromatic rings. The summed E-state index contributed by atoms with van der Waals surface area (Å²) in [5.74, 6) is 0.516. The summed E-state index contributed by atoms with van der Waals surface area (Å²) in [6.45, 7) is 2.01. The van der Waals surface area contributed by atoms with E-state index in [1.165, 1.54) is 4.90 Å². The molecule has 2 aromatic heterocycles. The smallest absolute Gasteiger partial charge is 0.407 e. The molecular weight excluding hydrogens is 350 g/mol. The normalized spacial score (nSPS) is 21.3. The van der Waals surface area contributed by atoms with Crippen molar-refractivity contribution >= 4 is 28.7 Å². The Hall–Kier alpha value is -2.13. The molecule has 1 amide bonds. The number of fused-ring (bicyclic) bond motifs is 1. The van der Waals surface area contributed by atoms with Crippen LogP contribution in [-0.2, 0) is 4.74 Å². The number of aromatic nitrogens is 4. The summed E-state index contributed by atoms with van der Waals surface area (Å²) < 4.78 is 13.3. The van der Waals surface area contributed by atoms with Gasteiger partial charge in [-0.1, -0.05) is 0 Å². The second-order valence-electron chi connectivity index (χ2n) is 6.31. The molecule has 4 rings (SSSR count). The molecule has 2 saturated heterocycles. The van der Waals surface area contributed by atoms with E-state index in [0.717, 1.165) is 19.3 Å². The van der Waals surface area contributed by atoms with Crippen LogP contribution in [0.25, 0.3) is 11.0 Å². The Morgan fingerprint density at radius 3 is 2.96 bits per heavy atom. The Morgan fingerprint density at radius 1 is 1.40 bits per heavy atom. The lowest BCUT2D eigenvalue weighted by molar-refractivity contribution is -0.0370. The summed E-state index contributed by atoms with van der Waals surface area (Å²) in [6, 6.07) is 0. The van der Waals surface area contributed by atoms with Crippen molar-refractivity contribution in [3.05, 3.63) is 11.5 Å². The highest BCUT2D eigenvalue weighted by atomic mass is 35.5. The van der Waals surface area contributed by atoms with Gasteiger partial charge in [0.2, 0.25) is 11.2 Å². The SMILES string of the molecule is O=C(O)N1CC(COc2nc(Cl)nc3c2cnn3C2CCCCO2)C1. The maximum atomic E-state index is 10.8. The number of rotatable bonds is 4. The first-order chi connectivity index (χ1) is 12.1. The molecule has 2 aliphatic rings. The molecule has 1 atom stereocenters. The third-order valence-corrected chi connectivity index (χ3v) is 4.67. The molecule has 1 unspecified atom stereocenters. The van der Waals surface area contributed by atoms with Gasteiger partial charge < -0.3 is 19.5 Å². The van der Waals surface area contributed by atoms with Crippen LogP contribution in [0.5, 0.6) is 5.88 Å². The highest BCUT2D eigenvalue weighted by molar-refractivity contribution is 6.28. The van der Waals surface area contributed by atoms with Crippen molar-refractivity contribution in [3.8, 4) is 5.88 Å². The van der Waals surface area contributed by atoms with Crippen molar-refractivity contribution in [2.24, 2.45) is 5.92 Å². The summed E-state index contributed by atoms with van der Waals surface area (Å²) in [7, 11) is 0. The van der Waals surface area contributed by atoms with Gasteiger partial charge in [0.05, 0.1) is 12.8 Å². The molecule has 10 heteroatoms. The fraction of sp³-hybridized carbons (Fsp3) is 0.600. The maximum absolute atomic E-state index is 10.8. The molecule has 0 spiro atoms. The predicted molar refractivity (Wildman–Crippen MR) is 87.8 cm³/mol. The zero-order valence-electron chi connectivity index (χ0n) is 13.5. The number of ether oxygens (including phenoxy) is 2. The number of halogens is 1. The molecule has 0 radical (unpaired) electrons. The Balaban J connectivity index is 1.51. The Kier molecular flexibility index (Phi) is 4.34. The topological polar surface area (TPSA) is 103 Å². The monoisotopic (exact) mass is 367 g/mol. The minimum absolute atomic E-state index is 0.0841. The van der Waals surface area contributed by atoms with Gasteiger partial charge in [0.15, 0.2) is 11.9 Å². The molecule has 2 fully saturated rings. The average molecular weight is 368 g/mol. The van der Waals surface area contributed by atoms with E-state index in [4.69, 9.17) is 26.2 Å². The first-order valence-corrected chi connectivity index (χ1v) is 8.62. The van der Waals surface area contributed by atoms with Gasteiger partial charge in [0, 0.05) is 25.6 Å². The summed E-state index contributed by atoms with van der Waals surface area (Å²) >= 11 is 6.05. The van der Waals surface area contributed by atoms with Crippen LogP contribution >= 0.6 is 11.6 Å². The van der Waals surface area contributed by atoms with Gasteiger partial charge in [0.1, 0.15) is 5.39 Å². The van der Waals surface area contributed by atoms with Crippen molar-refractivity contribution < 1.29 is 19.4 Å². The maximum Gasteiger partial charge on any atom is 0.407 e. The van der Waals surface area contributed by atoms with Crippen LogP contribution in [0.3, 0.4) is 0 Å². The van der Waals surface area contributed by atoms with Gasteiger partial charge >= 0.3 is 6.09 Å². The first-order valence-electron chi connectivity index (χ1n) is 8.25. The third-order valence-electron chi connectivity index (χ3n) is 4.50. The zero-order valence-corrected chi connectivity index (χ0v) is 14.2. The number of hydrogen-bond acceptors (Lipinski definition) is 6. The minimum atomic E-state index is -0.905. The highest BCUT2D eigenvalue weighted by Crippen LogP contribution is 2.30. The standard InChI is InChI=1S/C15H18ClN5O4/c16-14-18-12-10(5-17-21(12)11-3-1-2-4-24-11)13(19-14)25-8-9-6-20(7-9)15(22)23/h5,9,11H,1-4,6-8H2,(H,22,23). The lowest BCUT2D eigenvalue weighted by Crippen LogP contribution is -2.51. The van der Waals surface area contributed by atoms with Gasteiger partial charge in [-0.15, -0.1) is 0 Å². The van der Waals surface area contributed by atoms with Crippen LogP contribution in [0.1, 0.15) is 25.5 Å². The fourth-order valence-corrected chi connectivity index (χ4v) is 3.30. The van der Waals surface area contributed by atoms with Gasteiger partial charge in [-0.2, -0.15) is 15.1 Å². The molecule has 0 saturated carbocycles. The largest absolute Gasteiger partial charge is 0.477 e. The number of carbonyl (C=O) groups is 1. The van der Waals surface area contributed by atoms with E-state index in [1.807, 2.05) is 0 Å². The number of hydrogen-bond donors (Lipinski definition) is 1. The Labute approximate surface area is 148 Å². The summed E-state index contributed by atoms with van der Waals surface area (Å²) in [4.78, 5) is 20.6. The van der Waals surface area contributed by atoms with Crippen molar-refractivity contribution in [3.63, 3.8) is 0 Å². The molecule has 4 heterocycles. The van der Waals surface area contributed by atoms with Crippen molar-refractivity contribution in [2.45, 2.75) is 25.5 Å². The zero-order chi connectivity index (χ0) is 17.4. The van der Waals surface area contributed by atoms with Crippen LogP contribution in [0.4, 0.5) is 4.79 Å². The molecule has 134 valence electrons. The first kappa shape index (κ1) is 16.3. The average Bonchev–Trinajstić information content (AvgIpc) is 2.97. The Bertz CT molecular complexity index is 786. The van der Waals surface area contributed by atoms with Crippen molar-refractivity contribution in [1.29, 1.82) is 0 Å². The third kappa shape index (κ3) is 3.21. The lowest BCUT2D eigenvalue weighted by atomic mass is 10.0. The van der Waals surface area contributed by atoms with Crippen LogP contribution in [0.2, 0.25) is 5.28 Å². The van der Waals surface area contributed by atoms with Crippen LogP contribution < -0.4 is 4.74 Å². The van der Waals surface area contributed by atoms with E-state index >= 15 is 0 Å². The highest BCUT2D eigenvalue weighted by Gasteiger charge is 2.31. The fourth-order valence-electron chi connectivity index (χ4n) is 3.14. The molecule has 25 heavy (non-hydrogen) atoms. The lowest BCUT2D eigenvalue weighted by Gasteiger charge is -2.36. The van der Waals surface area contributed by atoms with Crippen LogP contribution in [0, 0.1) is 5.92 Å². The molecule has 2 aliphatic heterocycles. The quantitative estimate of drug-likeness (QED) is 0.826. The van der Waals surface area contributed by atoms with E-state index in [2.05, 4.69) is 15.1 Å². The van der Waals surface area contributed by atoms with Crippen LogP contribution in [0.15, 0.2) is 6.20 Å². The van der Waals surface area contributed by atoms with E-state index < -0.39 is 6.09 Å². The van der Waals surface area contributed by atoms with E-state index in [-0.39, 0.29) is 17.4 Å². The van der Waals surface area contributed by atoms with Gasteiger partial charge in [-0.3, -0.25) is 0 Å². The van der Waals surface area contributed by atoms with Crippen molar-refractivity contribution in [1.82, 2.24) is 24.6 Å². The number of carboxylic acid groups (broad SMARTS) is 1. The summed E-state index contributed by atoms with van der Waals surface area (Å²) in [5.41, 5.74) is 0.586. The molecular formula is C15H18ClN5O4. The molecule has 0 aliphatic carbocycles. The summed E-state index contributed by atoms with van der Waals surface area (Å²) in [5, 5.41) is 14.0. The minimum Gasteiger partial charge on any atom is -0.477 e. The van der Waals surface area contributed by atoms with E-state index in [9.17, 15) is 4.79 Å². The number of nitrogens with zero attached hydrogens (tertiary/aromatic N) is 5. The molecule has 9 nitrogen and oxygen atoms in total. The van der Waals surface area contributed by atoms with Crippen LogP contribution in [-0.4, -0.2) is 62.2 Å². The molecule has 1 N–H and O–H groups in total. The number of likely N-dealkylation sites (tertiary alicyclic amines) is 1. The second kappa shape index (κ2) is 6.64. The Morgan fingerprint density at radius 2 is 2.24 bits per heavy atom. The summed E-state index contributed by atoms with van der Waals surface area (Å²) in [6.07, 6.45) is 3.61. The van der Waals surface area contributed by atoms with E-state index in [1.54, 1.807) is 10.9 Å². The predicted octanol–water partition coefficient (Wildman–Crippen LogP) is 2.17. The van der Waals surface area contributed by atoms with Crippen molar-refractivity contribution in [2.75, 3.05) is 26.3 Å². The van der Waals surface area contributed by atoms with Gasteiger partial charge in [-0.05, 0) is 30.9 Å². The van der Waals surface area contributed by atoms with Gasteiger partial charge in [-0.25, -0.2) is 9.48 Å². The number of amides is 1.